The molecule has 31 heavy (non-hydrogen) atoms. The topological polar surface area (TPSA) is 80.8 Å². The zero-order valence-electron chi connectivity index (χ0n) is 16.8. The van der Waals surface area contributed by atoms with Gasteiger partial charge in [0.1, 0.15) is 15.5 Å². The van der Waals surface area contributed by atoms with E-state index in [1.807, 2.05) is 55.4 Å². The average Bonchev–Trinajstić information content (AvgIpc) is 3.34. The predicted octanol–water partition coefficient (Wildman–Crippen LogP) is 5.01. The predicted molar refractivity (Wildman–Crippen MR) is 124 cm³/mol. The van der Waals surface area contributed by atoms with Crippen LogP contribution in [-0.2, 0) is 9.53 Å². The quantitative estimate of drug-likeness (QED) is 0.396. The van der Waals surface area contributed by atoms with E-state index in [0.29, 0.717) is 22.1 Å². The van der Waals surface area contributed by atoms with Gasteiger partial charge in [-0.05, 0) is 30.3 Å². The Bertz CT molecular complexity index is 1190. The first kappa shape index (κ1) is 20.8. The largest absolute Gasteiger partial charge is 0.455 e. The first-order valence-corrected chi connectivity index (χ1v) is 11.0. The van der Waals surface area contributed by atoms with Crippen LogP contribution in [0.25, 0.3) is 9.53 Å². The van der Waals surface area contributed by atoms with Crippen LogP contribution in [0, 0.1) is 0 Å². The SMILES string of the molecule is CN(C)c1nc2sc(C(=O)OCC(=O)Nc3ccccc3Oc3ccccc3)cc2s1. The number of thiazole rings is 1. The van der Waals surface area contributed by atoms with Gasteiger partial charge in [0.15, 0.2) is 17.5 Å². The summed E-state index contributed by atoms with van der Waals surface area (Å²) < 4.78 is 11.9. The molecule has 9 heteroatoms. The number of carbonyl (C=O) groups is 2. The fraction of sp³-hybridized carbons (Fsp3) is 0.136. The second-order valence-corrected chi connectivity index (χ2v) is 8.75. The van der Waals surface area contributed by atoms with Crippen LogP contribution in [0.4, 0.5) is 10.8 Å². The van der Waals surface area contributed by atoms with Gasteiger partial charge in [0.25, 0.3) is 5.91 Å². The molecule has 0 radical (unpaired) electrons. The number of carbonyl (C=O) groups excluding carboxylic acids is 2. The third-order valence-electron chi connectivity index (χ3n) is 4.13. The van der Waals surface area contributed by atoms with E-state index in [9.17, 15) is 9.59 Å². The maximum Gasteiger partial charge on any atom is 0.348 e. The molecule has 0 aliphatic rings. The second kappa shape index (κ2) is 9.15. The number of nitrogens with zero attached hydrogens (tertiary/aromatic N) is 2. The number of hydrogen-bond donors (Lipinski definition) is 1. The van der Waals surface area contributed by atoms with Gasteiger partial charge in [-0.1, -0.05) is 41.7 Å². The highest BCUT2D eigenvalue weighted by Crippen LogP contribution is 2.34. The number of aromatic nitrogens is 1. The lowest BCUT2D eigenvalue weighted by atomic mass is 10.3. The molecule has 158 valence electrons. The van der Waals surface area contributed by atoms with Gasteiger partial charge in [0.2, 0.25) is 0 Å². The van der Waals surface area contributed by atoms with Gasteiger partial charge < -0.3 is 19.7 Å². The fourth-order valence-corrected chi connectivity index (χ4v) is 4.71. The van der Waals surface area contributed by atoms with E-state index >= 15 is 0 Å². The fourth-order valence-electron chi connectivity index (χ4n) is 2.68. The van der Waals surface area contributed by atoms with Crippen molar-refractivity contribution < 1.29 is 19.1 Å². The van der Waals surface area contributed by atoms with Crippen LogP contribution < -0.4 is 15.0 Å². The Morgan fingerprint density at radius 2 is 1.77 bits per heavy atom. The Morgan fingerprint density at radius 3 is 2.52 bits per heavy atom. The summed E-state index contributed by atoms with van der Waals surface area (Å²) in [5.41, 5.74) is 0.490. The molecule has 4 aromatic rings. The number of fused-ring (bicyclic) bond motifs is 1. The van der Waals surface area contributed by atoms with E-state index in [4.69, 9.17) is 9.47 Å². The average molecular weight is 454 g/mol. The lowest BCUT2D eigenvalue weighted by Crippen LogP contribution is -2.20. The number of thiophene rings is 1. The first-order chi connectivity index (χ1) is 15.0. The van der Waals surface area contributed by atoms with E-state index in [0.717, 1.165) is 14.7 Å². The molecule has 2 aromatic carbocycles. The molecule has 7 nitrogen and oxygen atoms in total. The number of hydrogen-bond acceptors (Lipinski definition) is 8. The van der Waals surface area contributed by atoms with Crippen LogP contribution >= 0.6 is 22.7 Å². The highest BCUT2D eigenvalue weighted by atomic mass is 32.1. The molecule has 1 N–H and O–H groups in total. The number of benzene rings is 2. The van der Waals surface area contributed by atoms with Crippen molar-refractivity contribution >= 4 is 54.9 Å². The third kappa shape index (κ3) is 5.01. The van der Waals surface area contributed by atoms with Crippen molar-refractivity contribution in [2.24, 2.45) is 0 Å². The first-order valence-electron chi connectivity index (χ1n) is 9.36. The van der Waals surface area contributed by atoms with Crippen LogP contribution in [0.5, 0.6) is 11.5 Å². The molecule has 2 heterocycles. The second-order valence-electron chi connectivity index (χ2n) is 6.71. The summed E-state index contributed by atoms with van der Waals surface area (Å²) in [7, 11) is 3.83. The number of rotatable bonds is 7. The minimum atomic E-state index is -0.550. The van der Waals surface area contributed by atoms with Gasteiger partial charge in [0, 0.05) is 14.1 Å². The van der Waals surface area contributed by atoms with E-state index < -0.39 is 18.5 Å². The summed E-state index contributed by atoms with van der Waals surface area (Å²) >= 11 is 2.75. The van der Waals surface area contributed by atoms with E-state index in [1.54, 1.807) is 24.3 Å². The molecular formula is C22H19N3O4S2. The van der Waals surface area contributed by atoms with Crippen LogP contribution in [0.1, 0.15) is 9.67 Å². The van der Waals surface area contributed by atoms with Crippen molar-refractivity contribution in [2.45, 2.75) is 0 Å². The van der Waals surface area contributed by atoms with E-state index in [-0.39, 0.29) is 0 Å². The van der Waals surface area contributed by atoms with Gasteiger partial charge in [-0.3, -0.25) is 4.79 Å². The normalized spacial score (nSPS) is 10.6. The third-order valence-corrected chi connectivity index (χ3v) is 6.44. The van der Waals surface area contributed by atoms with Crippen molar-refractivity contribution in [3.63, 3.8) is 0 Å². The van der Waals surface area contributed by atoms with Gasteiger partial charge in [-0.15, -0.1) is 11.3 Å². The number of esters is 1. The lowest BCUT2D eigenvalue weighted by Gasteiger charge is -2.12. The molecule has 0 spiro atoms. The molecular weight excluding hydrogens is 434 g/mol. The smallest absolute Gasteiger partial charge is 0.348 e. The lowest BCUT2D eigenvalue weighted by molar-refractivity contribution is -0.119. The molecule has 0 fully saturated rings. The monoisotopic (exact) mass is 453 g/mol. The maximum absolute atomic E-state index is 12.3. The Kier molecular flexibility index (Phi) is 6.15. The van der Waals surface area contributed by atoms with E-state index in [2.05, 4.69) is 10.3 Å². The Balaban J connectivity index is 1.36. The minimum absolute atomic E-state index is 0.402. The molecule has 2 aromatic heterocycles. The van der Waals surface area contributed by atoms with Crippen LogP contribution in [0.2, 0.25) is 0 Å². The summed E-state index contributed by atoms with van der Waals surface area (Å²) in [4.78, 5) is 32.3. The van der Waals surface area contributed by atoms with Crippen molar-refractivity contribution in [3.05, 3.63) is 65.5 Å². The van der Waals surface area contributed by atoms with Gasteiger partial charge in [-0.2, -0.15) is 0 Å². The summed E-state index contributed by atoms with van der Waals surface area (Å²) in [6.07, 6.45) is 0. The number of anilines is 2. The van der Waals surface area contributed by atoms with Gasteiger partial charge >= 0.3 is 5.97 Å². The molecule has 0 atom stereocenters. The molecule has 4 rings (SSSR count). The summed E-state index contributed by atoms with van der Waals surface area (Å²) in [5, 5.41) is 3.60. The number of para-hydroxylation sites is 3. The number of ether oxygens (including phenoxy) is 2. The molecule has 0 saturated heterocycles. The Morgan fingerprint density at radius 1 is 1.03 bits per heavy atom. The van der Waals surface area contributed by atoms with Crippen molar-refractivity contribution in [3.8, 4) is 11.5 Å². The highest BCUT2D eigenvalue weighted by molar-refractivity contribution is 7.29. The van der Waals surface area contributed by atoms with Crippen molar-refractivity contribution in [2.75, 3.05) is 30.9 Å². The van der Waals surface area contributed by atoms with Crippen LogP contribution in [-0.4, -0.2) is 37.6 Å². The van der Waals surface area contributed by atoms with Gasteiger partial charge in [-0.25, -0.2) is 9.78 Å². The molecule has 0 aliphatic carbocycles. The van der Waals surface area contributed by atoms with Crippen molar-refractivity contribution in [1.82, 2.24) is 4.98 Å². The van der Waals surface area contributed by atoms with Crippen LogP contribution in [0.15, 0.2) is 60.7 Å². The molecule has 0 unspecified atom stereocenters. The standard InChI is InChI=1S/C22H19N3O4S2/c1-25(2)22-24-20-17(31-22)12-18(30-20)21(27)28-13-19(26)23-15-10-6-7-11-16(15)29-14-8-4-3-5-9-14/h3-12H,13H2,1-2H3,(H,23,26). The Hall–Kier alpha value is -3.43. The number of amides is 1. The summed E-state index contributed by atoms with van der Waals surface area (Å²) in [6, 6.07) is 18.1. The zero-order valence-corrected chi connectivity index (χ0v) is 18.5. The minimum Gasteiger partial charge on any atom is -0.455 e. The highest BCUT2D eigenvalue weighted by Gasteiger charge is 2.17. The van der Waals surface area contributed by atoms with Crippen molar-refractivity contribution in [1.29, 1.82) is 0 Å². The maximum atomic E-state index is 12.3. The molecule has 0 saturated carbocycles. The Labute approximate surface area is 186 Å². The van der Waals surface area contributed by atoms with Gasteiger partial charge in [0.05, 0.1) is 10.4 Å². The summed E-state index contributed by atoms with van der Waals surface area (Å²) in [6.45, 7) is -0.402. The molecule has 0 aliphatic heterocycles. The zero-order chi connectivity index (χ0) is 21.8. The van der Waals surface area contributed by atoms with E-state index in [1.165, 1.54) is 22.7 Å². The number of nitrogens with one attached hydrogen (secondary N) is 1. The summed E-state index contributed by atoms with van der Waals surface area (Å²) in [5.74, 6) is 0.142. The molecule has 1 amide bonds. The van der Waals surface area contributed by atoms with Crippen LogP contribution in [0.3, 0.4) is 0 Å². The molecule has 0 bridgehead atoms.